The van der Waals surface area contributed by atoms with Crippen LogP contribution in [0.1, 0.15) is 5.56 Å². The molecule has 0 unspecified atom stereocenters. The van der Waals surface area contributed by atoms with E-state index >= 15 is 0 Å². The molecule has 0 amide bonds. The molecule has 0 aliphatic heterocycles. The Morgan fingerprint density at radius 3 is 1.33 bits per heavy atom. The van der Waals surface area contributed by atoms with Crippen LogP contribution in [0, 0.1) is 0 Å². The standard InChI is InChI=1S/C40H30N2/c1-3-4-10-29(2)30-11-5-14-33(21-30)38-24-39(34-15-6-12-31(22-34)36-17-8-19-41-27-36)26-40(25-38)35-16-7-13-32(23-35)37-18-9-20-42-28-37/h3-28H,1-2H2/b10-4-. The van der Waals surface area contributed by atoms with Crippen LogP contribution in [0.5, 0.6) is 0 Å². The quantitative estimate of drug-likeness (QED) is 0.180. The van der Waals surface area contributed by atoms with Crippen LogP contribution in [0.2, 0.25) is 0 Å². The average Bonchev–Trinajstić information content (AvgIpc) is 3.08. The van der Waals surface area contributed by atoms with Gasteiger partial charge in [-0.3, -0.25) is 9.97 Å². The first-order valence-electron chi connectivity index (χ1n) is 13.9. The van der Waals surface area contributed by atoms with Gasteiger partial charge in [-0.1, -0.05) is 98.1 Å². The van der Waals surface area contributed by atoms with Crippen molar-refractivity contribution in [2.75, 3.05) is 0 Å². The summed E-state index contributed by atoms with van der Waals surface area (Å²) in [5, 5.41) is 0. The largest absolute Gasteiger partial charge is 0.264 e. The van der Waals surface area contributed by atoms with E-state index in [0.29, 0.717) is 0 Å². The Morgan fingerprint density at radius 1 is 0.476 bits per heavy atom. The number of aromatic nitrogens is 2. The number of hydrogen-bond donors (Lipinski definition) is 0. The molecule has 42 heavy (non-hydrogen) atoms. The number of rotatable bonds is 8. The lowest BCUT2D eigenvalue weighted by Crippen LogP contribution is -1.89. The zero-order valence-corrected chi connectivity index (χ0v) is 23.3. The molecule has 0 atom stereocenters. The minimum atomic E-state index is 0.946. The molecule has 0 fully saturated rings. The minimum absolute atomic E-state index is 0.946. The molecule has 0 saturated heterocycles. The van der Waals surface area contributed by atoms with E-state index in [1.54, 1.807) is 18.5 Å². The molecule has 6 aromatic rings. The van der Waals surface area contributed by atoms with Crippen LogP contribution >= 0.6 is 0 Å². The molecule has 2 heteroatoms. The van der Waals surface area contributed by atoms with E-state index in [2.05, 4.69) is 126 Å². The van der Waals surface area contributed by atoms with Crippen LogP contribution in [0.4, 0.5) is 0 Å². The summed E-state index contributed by atoms with van der Waals surface area (Å²) in [6.45, 7) is 8.04. The molecule has 0 spiro atoms. The van der Waals surface area contributed by atoms with Gasteiger partial charge in [-0.05, 0) is 104 Å². The Balaban J connectivity index is 1.50. The van der Waals surface area contributed by atoms with Crippen molar-refractivity contribution in [1.29, 1.82) is 0 Å². The van der Waals surface area contributed by atoms with Crippen molar-refractivity contribution in [3.05, 3.63) is 177 Å². The maximum atomic E-state index is 4.32. The number of hydrogen-bond acceptors (Lipinski definition) is 2. The Hall–Kier alpha value is -5.60. The maximum absolute atomic E-state index is 4.32. The zero-order chi connectivity index (χ0) is 28.7. The second-order valence-corrected chi connectivity index (χ2v) is 10.1. The third-order valence-electron chi connectivity index (χ3n) is 7.31. The maximum Gasteiger partial charge on any atom is 0.0346 e. The van der Waals surface area contributed by atoms with Crippen LogP contribution < -0.4 is 0 Å². The van der Waals surface area contributed by atoms with Crippen LogP contribution in [0.3, 0.4) is 0 Å². The van der Waals surface area contributed by atoms with Crippen molar-refractivity contribution in [2.45, 2.75) is 0 Å². The van der Waals surface area contributed by atoms with E-state index in [1.165, 1.54) is 0 Å². The molecule has 6 rings (SSSR count). The summed E-state index contributed by atoms with van der Waals surface area (Å²) in [4.78, 5) is 8.65. The van der Waals surface area contributed by atoms with Gasteiger partial charge in [0, 0.05) is 35.9 Å². The minimum Gasteiger partial charge on any atom is -0.264 e. The molecular weight excluding hydrogens is 508 g/mol. The van der Waals surface area contributed by atoms with E-state index in [9.17, 15) is 0 Å². The fourth-order valence-corrected chi connectivity index (χ4v) is 5.13. The molecule has 0 N–H and O–H groups in total. The van der Waals surface area contributed by atoms with Crippen LogP contribution in [-0.2, 0) is 0 Å². The first-order chi connectivity index (χ1) is 20.7. The first-order valence-corrected chi connectivity index (χ1v) is 13.9. The van der Waals surface area contributed by atoms with Crippen molar-refractivity contribution in [3.63, 3.8) is 0 Å². The Kier molecular flexibility index (Phi) is 7.78. The molecule has 2 aromatic heterocycles. The molecule has 2 nitrogen and oxygen atoms in total. The summed E-state index contributed by atoms with van der Waals surface area (Å²) in [6, 6.07) is 40.8. The van der Waals surface area contributed by atoms with Crippen LogP contribution in [-0.4, -0.2) is 9.97 Å². The second-order valence-electron chi connectivity index (χ2n) is 10.1. The molecule has 2 heterocycles. The second kappa shape index (κ2) is 12.3. The van der Waals surface area contributed by atoms with E-state index in [-0.39, 0.29) is 0 Å². The summed E-state index contributed by atoms with van der Waals surface area (Å²) >= 11 is 0. The number of allylic oxidation sites excluding steroid dienone is 4. The van der Waals surface area contributed by atoms with E-state index in [4.69, 9.17) is 0 Å². The van der Waals surface area contributed by atoms with Crippen molar-refractivity contribution in [2.24, 2.45) is 0 Å². The van der Waals surface area contributed by atoms with Crippen molar-refractivity contribution < 1.29 is 0 Å². The van der Waals surface area contributed by atoms with Crippen molar-refractivity contribution in [1.82, 2.24) is 9.97 Å². The van der Waals surface area contributed by atoms with Gasteiger partial charge in [0.05, 0.1) is 0 Å². The lowest BCUT2D eigenvalue weighted by atomic mass is 9.90. The van der Waals surface area contributed by atoms with Crippen LogP contribution in [0.25, 0.3) is 61.2 Å². The van der Waals surface area contributed by atoms with E-state index in [1.807, 2.05) is 36.7 Å². The van der Waals surface area contributed by atoms with Gasteiger partial charge in [0.1, 0.15) is 0 Å². The van der Waals surface area contributed by atoms with Crippen molar-refractivity contribution >= 4 is 5.57 Å². The highest BCUT2D eigenvalue weighted by Crippen LogP contribution is 2.36. The average molecular weight is 539 g/mol. The van der Waals surface area contributed by atoms with Gasteiger partial charge in [-0.15, -0.1) is 0 Å². The summed E-state index contributed by atoms with van der Waals surface area (Å²) < 4.78 is 0. The third-order valence-corrected chi connectivity index (χ3v) is 7.31. The Bertz CT molecular complexity index is 1800. The van der Waals surface area contributed by atoms with Gasteiger partial charge < -0.3 is 0 Å². The SMILES string of the molecule is C=C/C=C\C(=C)c1cccc(-c2cc(-c3cccc(-c4cccnc4)c3)cc(-c3cccc(-c4cccnc4)c3)c2)c1. The van der Waals surface area contributed by atoms with Gasteiger partial charge in [-0.2, -0.15) is 0 Å². The Morgan fingerprint density at radius 2 is 0.881 bits per heavy atom. The summed E-state index contributed by atoms with van der Waals surface area (Å²) in [7, 11) is 0. The lowest BCUT2D eigenvalue weighted by Gasteiger charge is -2.14. The normalized spacial score (nSPS) is 11.0. The summed E-state index contributed by atoms with van der Waals surface area (Å²) in [5.74, 6) is 0. The van der Waals surface area contributed by atoms with Gasteiger partial charge in [0.15, 0.2) is 0 Å². The van der Waals surface area contributed by atoms with Gasteiger partial charge in [-0.25, -0.2) is 0 Å². The monoisotopic (exact) mass is 538 g/mol. The first kappa shape index (κ1) is 26.6. The van der Waals surface area contributed by atoms with Crippen LogP contribution in [0.15, 0.2) is 171 Å². The lowest BCUT2D eigenvalue weighted by molar-refractivity contribution is 1.33. The number of pyridine rings is 2. The molecule has 200 valence electrons. The molecule has 0 radical (unpaired) electrons. The van der Waals surface area contributed by atoms with Gasteiger partial charge in [0.2, 0.25) is 0 Å². The van der Waals surface area contributed by atoms with E-state index < -0.39 is 0 Å². The predicted molar refractivity (Wildman–Crippen MR) is 178 cm³/mol. The fourth-order valence-electron chi connectivity index (χ4n) is 5.13. The number of benzene rings is 4. The molecular formula is C40H30N2. The number of nitrogens with zero attached hydrogens (tertiary/aromatic N) is 2. The molecule has 0 aliphatic carbocycles. The summed E-state index contributed by atoms with van der Waals surface area (Å²) in [6.07, 6.45) is 13.1. The van der Waals surface area contributed by atoms with Gasteiger partial charge >= 0.3 is 0 Å². The highest BCUT2D eigenvalue weighted by molar-refractivity contribution is 5.85. The topological polar surface area (TPSA) is 25.8 Å². The Labute approximate surface area is 247 Å². The third kappa shape index (κ3) is 5.94. The molecule has 0 bridgehead atoms. The predicted octanol–water partition coefficient (Wildman–Crippen LogP) is 10.6. The van der Waals surface area contributed by atoms with E-state index in [0.717, 1.165) is 66.8 Å². The highest BCUT2D eigenvalue weighted by Gasteiger charge is 2.11. The molecule has 0 saturated carbocycles. The molecule has 0 aliphatic rings. The smallest absolute Gasteiger partial charge is 0.0346 e. The van der Waals surface area contributed by atoms with Gasteiger partial charge in [0.25, 0.3) is 0 Å². The summed E-state index contributed by atoms with van der Waals surface area (Å²) in [5.41, 5.74) is 13.4. The zero-order valence-electron chi connectivity index (χ0n) is 23.3. The van der Waals surface area contributed by atoms with Crippen molar-refractivity contribution in [3.8, 4) is 55.6 Å². The highest BCUT2D eigenvalue weighted by atomic mass is 14.6. The molecule has 4 aromatic carbocycles. The fraction of sp³-hybridized carbons (Fsp3) is 0.